The Balaban J connectivity index is 1.68. The molecule has 24 heavy (non-hydrogen) atoms. The lowest BCUT2D eigenvalue weighted by Gasteiger charge is -2.30. The molecule has 2 fully saturated rings. The molecule has 3 rings (SSSR count). The van der Waals surface area contributed by atoms with Crippen LogP contribution in [0.2, 0.25) is 0 Å². The zero-order valence-corrected chi connectivity index (χ0v) is 14.0. The molecule has 1 aromatic carbocycles. The number of methoxy groups -OCH3 is 2. The van der Waals surface area contributed by atoms with Crippen molar-refractivity contribution in [3.63, 3.8) is 0 Å². The summed E-state index contributed by atoms with van der Waals surface area (Å²) in [4.78, 5) is 11.2. The third-order valence-electron chi connectivity index (χ3n) is 4.30. The zero-order valence-electron chi connectivity index (χ0n) is 14.0. The third kappa shape index (κ3) is 3.25. The summed E-state index contributed by atoms with van der Waals surface area (Å²) in [5.41, 5.74) is 0.169. The molecule has 0 radical (unpaired) electrons. The molecule has 2 saturated heterocycles. The first-order chi connectivity index (χ1) is 11.6. The van der Waals surface area contributed by atoms with Gasteiger partial charge in [0.1, 0.15) is 24.6 Å². The van der Waals surface area contributed by atoms with Gasteiger partial charge in [-0.05, 0) is 17.7 Å². The summed E-state index contributed by atoms with van der Waals surface area (Å²) < 4.78 is 33.3. The van der Waals surface area contributed by atoms with E-state index in [-0.39, 0.29) is 24.8 Å². The fraction of sp³-hybridized carbons (Fsp3) is 0.588. The highest BCUT2D eigenvalue weighted by molar-refractivity contribution is 5.66. The highest BCUT2D eigenvalue weighted by atomic mass is 16.8. The fourth-order valence-corrected chi connectivity index (χ4v) is 3.05. The van der Waals surface area contributed by atoms with E-state index in [0.29, 0.717) is 13.2 Å². The molecule has 0 spiro atoms. The summed E-state index contributed by atoms with van der Waals surface area (Å²) in [6.45, 7) is 2.13. The van der Waals surface area contributed by atoms with Crippen LogP contribution in [0.1, 0.15) is 12.5 Å². The van der Waals surface area contributed by atoms with Gasteiger partial charge in [-0.1, -0.05) is 12.1 Å². The lowest BCUT2D eigenvalue weighted by atomic mass is 10.00. The van der Waals surface area contributed by atoms with Crippen LogP contribution in [0.25, 0.3) is 0 Å². The minimum atomic E-state index is -0.830. The zero-order chi connectivity index (χ0) is 17.2. The van der Waals surface area contributed by atoms with Crippen LogP contribution in [0, 0.1) is 0 Å². The van der Waals surface area contributed by atoms with Gasteiger partial charge in [0.2, 0.25) is 0 Å². The molecule has 1 aromatic rings. The smallest absolute Gasteiger partial charge is 0.302 e. The van der Waals surface area contributed by atoms with Crippen molar-refractivity contribution in [3.8, 4) is 5.75 Å². The topological polar surface area (TPSA) is 72.5 Å². The molecule has 132 valence electrons. The molecule has 0 N–H and O–H groups in total. The van der Waals surface area contributed by atoms with Crippen LogP contribution >= 0.6 is 0 Å². The van der Waals surface area contributed by atoms with E-state index in [0.717, 1.165) is 11.3 Å². The minimum Gasteiger partial charge on any atom is -0.497 e. The Morgan fingerprint density at radius 2 is 2.04 bits per heavy atom. The van der Waals surface area contributed by atoms with Crippen molar-refractivity contribution in [2.75, 3.05) is 27.4 Å². The lowest BCUT2D eigenvalue weighted by Crippen LogP contribution is -2.46. The Morgan fingerprint density at radius 3 is 2.67 bits per heavy atom. The second-order valence-electron chi connectivity index (χ2n) is 5.92. The normalized spacial score (nSPS) is 31.2. The SMILES string of the molecule is COc1ccc(CO[C@@H]2[C@@H]3OC[C@@]2(COC(C)=O)OC3OC)cc1. The van der Waals surface area contributed by atoms with E-state index in [9.17, 15) is 4.79 Å². The van der Waals surface area contributed by atoms with E-state index in [1.54, 1.807) is 14.2 Å². The highest BCUT2D eigenvalue weighted by Crippen LogP contribution is 2.42. The number of esters is 1. The number of hydrogen-bond acceptors (Lipinski definition) is 7. The number of fused-ring (bicyclic) bond motifs is 2. The van der Waals surface area contributed by atoms with Gasteiger partial charge in [0.25, 0.3) is 0 Å². The second kappa shape index (κ2) is 7.06. The number of hydrogen-bond donors (Lipinski definition) is 0. The van der Waals surface area contributed by atoms with E-state index in [4.69, 9.17) is 28.4 Å². The predicted octanol–water partition coefficient (Wildman–Crippen LogP) is 1.28. The molecular weight excluding hydrogens is 316 g/mol. The Morgan fingerprint density at radius 1 is 1.29 bits per heavy atom. The molecule has 7 heteroatoms. The molecule has 4 atom stereocenters. The molecule has 7 nitrogen and oxygen atoms in total. The van der Waals surface area contributed by atoms with Crippen molar-refractivity contribution in [3.05, 3.63) is 29.8 Å². The number of carbonyl (C=O) groups excluding carboxylic acids is 1. The van der Waals surface area contributed by atoms with Gasteiger partial charge in [0.05, 0.1) is 20.3 Å². The number of carbonyl (C=O) groups is 1. The third-order valence-corrected chi connectivity index (χ3v) is 4.30. The van der Waals surface area contributed by atoms with E-state index < -0.39 is 11.9 Å². The minimum absolute atomic E-state index is 0.0754. The molecule has 2 aliphatic heterocycles. The number of rotatable bonds is 7. The lowest BCUT2D eigenvalue weighted by molar-refractivity contribution is -0.244. The standard InChI is InChI=1S/C17H22O7/c1-11(18)22-9-17-10-23-14(16(20-3)24-17)15(17)21-8-12-4-6-13(19-2)7-5-12/h4-7,14-16H,8-10H2,1-3H3/t14-,15+,16?,17+/m0/s1. The maximum Gasteiger partial charge on any atom is 0.302 e. The molecule has 2 heterocycles. The van der Waals surface area contributed by atoms with Gasteiger partial charge < -0.3 is 28.4 Å². The van der Waals surface area contributed by atoms with Crippen LogP contribution in [0.4, 0.5) is 0 Å². The van der Waals surface area contributed by atoms with Crippen LogP contribution in [0.15, 0.2) is 24.3 Å². The van der Waals surface area contributed by atoms with Gasteiger partial charge in [-0.3, -0.25) is 4.79 Å². The fourth-order valence-electron chi connectivity index (χ4n) is 3.05. The van der Waals surface area contributed by atoms with Gasteiger partial charge in [0.15, 0.2) is 11.9 Å². The van der Waals surface area contributed by atoms with Crippen molar-refractivity contribution in [2.45, 2.75) is 37.6 Å². The Bertz CT molecular complexity index is 573. The summed E-state index contributed by atoms with van der Waals surface area (Å²) in [6, 6.07) is 7.62. The van der Waals surface area contributed by atoms with Gasteiger partial charge >= 0.3 is 5.97 Å². The second-order valence-corrected chi connectivity index (χ2v) is 5.92. The summed E-state index contributed by atoms with van der Waals surface area (Å²) in [5.74, 6) is 0.420. The first-order valence-electron chi connectivity index (χ1n) is 7.78. The molecule has 0 amide bonds. The Labute approximate surface area is 140 Å². The maximum absolute atomic E-state index is 11.2. The predicted molar refractivity (Wildman–Crippen MR) is 82.6 cm³/mol. The largest absolute Gasteiger partial charge is 0.497 e. The quantitative estimate of drug-likeness (QED) is 0.694. The van der Waals surface area contributed by atoms with Gasteiger partial charge in [-0.2, -0.15) is 0 Å². The summed E-state index contributed by atoms with van der Waals surface area (Å²) in [5, 5.41) is 0. The highest BCUT2D eigenvalue weighted by Gasteiger charge is 2.63. The van der Waals surface area contributed by atoms with Gasteiger partial charge in [0, 0.05) is 14.0 Å². The van der Waals surface area contributed by atoms with Crippen LogP contribution in [0.3, 0.4) is 0 Å². The Hall–Kier alpha value is -1.67. The van der Waals surface area contributed by atoms with E-state index >= 15 is 0 Å². The van der Waals surface area contributed by atoms with Crippen LogP contribution in [-0.2, 0) is 35.1 Å². The molecule has 0 aromatic heterocycles. The monoisotopic (exact) mass is 338 g/mol. The molecule has 2 bridgehead atoms. The maximum atomic E-state index is 11.2. The van der Waals surface area contributed by atoms with Crippen LogP contribution in [0.5, 0.6) is 5.75 Å². The molecule has 0 saturated carbocycles. The van der Waals surface area contributed by atoms with Crippen molar-refractivity contribution in [1.29, 1.82) is 0 Å². The molecular formula is C17H22O7. The first-order valence-corrected chi connectivity index (χ1v) is 7.78. The molecule has 1 unspecified atom stereocenters. The van der Waals surface area contributed by atoms with E-state index in [1.807, 2.05) is 24.3 Å². The van der Waals surface area contributed by atoms with Crippen molar-refractivity contribution >= 4 is 5.97 Å². The van der Waals surface area contributed by atoms with Crippen LogP contribution in [-0.4, -0.2) is 57.5 Å². The summed E-state index contributed by atoms with van der Waals surface area (Å²) in [7, 11) is 3.18. The van der Waals surface area contributed by atoms with E-state index in [1.165, 1.54) is 6.92 Å². The number of benzene rings is 1. The average molecular weight is 338 g/mol. The summed E-state index contributed by atoms with van der Waals surface area (Å²) in [6.07, 6.45) is -1.25. The summed E-state index contributed by atoms with van der Waals surface area (Å²) >= 11 is 0. The van der Waals surface area contributed by atoms with Gasteiger partial charge in [-0.15, -0.1) is 0 Å². The van der Waals surface area contributed by atoms with E-state index in [2.05, 4.69) is 0 Å². The van der Waals surface area contributed by atoms with Crippen molar-refractivity contribution in [2.24, 2.45) is 0 Å². The van der Waals surface area contributed by atoms with Gasteiger partial charge in [-0.25, -0.2) is 0 Å². The Kier molecular flexibility index (Phi) is 5.05. The van der Waals surface area contributed by atoms with Crippen molar-refractivity contribution in [1.82, 2.24) is 0 Å². The van der Waals surface area contributed by atoms with Crippen LogP contribution < -0.4 is 4.74 Å². The molecule has 0 aliphatic carbocycles. The average Bonchev–Trinajstić information content (AvgIpc) is 3.10. The first kappa shape index (κ1) is 17.2. The molecule has 2 aliphatic rings. The number of ether oxygens (including phenoxy) is 6. The van der Waals surface area contributed by atoms with Crippen molar-refractivity contribution < 1.29 is 33.2 Å².